The van der Waals surface area contributed by atoms with Gasteiger partial charge in [-0.2, -0.15) is 0 Å². The van der Waals surface area contributed by atoms with Crippen LogP contribution in [0.3, 0.4) is 0 Å². The van der Waals surface area contributed by atoms with Crippen molar-refractivity contribution < 1.29 is 4.42 Å². The molecule has 1 aromatic rings. The van der Waals surface area contributed by atoms with E-state index in [0.717, 1.165) is 24.8 Å². The van der Waals surface area contributed by atoms with Crippen LogP contribution in [0.4, 0.5) is 0 Å². The van der Waals surface area contributed by atoms with Crippen LogP contribution in [0.5, 0.6) is 0 Å². The van der Waals surface area contributed by atoms with Gasteiger partial charge in [0.15, 0.2) is 6.39 Å². The molecule has 0 aliphatic carbocycles. The number of aromatic nitrogens is 1. The largest absolute Gasteiger partial charge is 0.447 e. The summed E-state index contributed by atoms with van der Waals surface area (Å²) in [6.45, 7) is 6.30. The summed E-state index contributed by atoms with van der Waals surface area (Å²) in [5.74, 6) is 1.69. The summed E-state index contributed by atoms with van der Waals surface area (Å²) in [6.07, 6.45) is 5.69. The van der Waals surface area contributed by atoms with Crippen LogP contribution in [-0.4, -0.2) is 11.5 Å². The van der Waals surface area contributed by atoms with Gasteiger partial charge in [0.25, 0.3) is 0 Å². The monoisotopic (exact) mass is 182 g/mol. The molecule has 0 atom stereocenters. The quantitative estimate of drug-likeness (QED) is 0.733. The lowest BCUT2D eigenvalue weighted by atomic mass is 10.0. The topological polar surface area (TPSA) is 38.1 Å². The van der Waals surface area contributed by atoms with Crippen molar-refractivity contribution in [3.8, 4) is 0 Å². The maximum absolute atomic E-state index is 5.11. The van der Waals surface area contributed by atoms with E-state index in [9.17, 15) is 0 Å². The predicted molar refractivity (Wildman–Crippen MR) is 52.3 cm³/mol. The first-order chi connectivity index (χ1) is 6.36. The first-order valence-electron chi connectivity index (χ1n) is 4.94. The first kappa shape index (κ1) is 10.3. The van der Waals surface area contributed by atoms with Gasteiger partial charge in [-0.1, -0.05) is 26.7 Å². The number of hydrogen-bond acceptors (Lipinski definition) is 3. The zero-order valence-electron chi connectivity index (χ0n) is 8.42. The van der Waals surface area contributed by atoms with Crippen LogP contribution in [0, 0.1) is 5.92 Å². The van der Waals surface area contributed by atoms with E-state index in [1.54, 1.807) is 6.20 Å². The fourth-order valence-corrected chi connectivity index (χ4v) is 1.31. The van der Waals surface area contributed by atoms with E-state index in [1.165, 1.54) is 19.2 Å². The number of nitrogens with one attached hydrogen (secondary N) is 1. The average Bonchev–Trinajstić information content (AvgIpc) is 2.65. The van der Waals surface area contributed by atoms with Crippen LogP contribution >= 0.6 is 0 Å². The predicted octanol–water partition coefficient (Wildman–Crippen LogP) is 2.20. The lowest BCUT2D eigenvalue weighted by molar-refractivity contribution is 0.421. The maximum atomic E-state index is 5.11. The molecule has 74 valence electrons. The van der Waals surface area contributed by atoms with Gasteiger partial charge in [0.05, 0.1) is 12.7 Å². The highest BCUT2D eigenvalue weighted by molar-refractivity contribution is 4.87. The Balaban J connectivity index is 2.13. The smallest absolute Gasteiger partial charge is 0.180 e. The normalized spacial score (nSPS) is 11.0. The summed E-state index contributed by atoms with van der Waals surface area (Å²) < 4.78 is 5.11. The van der Waals surface area contributed by atoms with Crippen molar-refractivity contribution in [3.05, 3.63) is 18.4 Å². The summed E-state index contributed by atoms with van der Waals surface area (Å²) in [6, 6.07) is 0. The van der Waals surface area contributed by atoms with Crippen LogP contribution in [0.1, 0.15) is 32.4 Å². The first-order valence-corrected chi connectivity index (χ1v) is 4.94. The van der Waals surface area contributed by atoms with E-state index in [2.05, 4.69) is 24.1 Å². The van der Waals surface area contributed by atoms with Gasteiger partial charge >= 0.3 is 0 Å². The van der Waals surface area contributed by atoms with Gasteiger partial charge in [-0.15, -0.1) is 0 Å². The molecule has 1 aromatic heterocycles. The van der Waals surface area contributed by atoms with Gasteiger partial charge < -0.3 is 9.73 Å². The summed E-state index contributed by atoms with van der Waals surface area (Å²) >= 11 is 0. The molecule has 3 heteroatoms. The van der Waals surface area contributed by atoms with Crippen LogP contribution in [0.25, 0.3) is 0 Å². The van der Waals surface area contributed by atoms with Crippen molar-refractivity contribution >= 4 is 0 Å². The molecule has 0 amide bonds. The maximum Gasteiger partial charge on any atom is 0.180 e. The Labute approximate surface area is 79.5 Å². The molecule has 13 heavy (non-hydrogen) atoms. The molecule has 0 fully saturated rings. The summed E-state index contributed by atoms with van der Waals surface area (Å²) in [7, 11) is 0. The summed E-state index contributed by atoms with van der Waals surface area (Å²) in [5.41, 5.74) is 0. The molecule has 0 saturated carbocycles. The van der Waals surface area contributed by atoms with Gasteiger partial charge in [0.1, 0.15) is 5.76 Å². The van der Waals surface area contributed by atoms with Crippen molar-refractivity contribution in [1.82, 2.24) is 10.3 Å². The Morgan fingerprint density at radius 3 is 2.77 bits per heavy atom. The molecule has 0 unspecified atom stereocenters. The number of nitrogens with zero attached hydrogens (tertiary/aromatic N) is 1. The van der Waals surface area contributed by atoms with E-state index >= 15 is 0 Å². The van der Waals surface area contributed by atoms with Crippen LogP contribution in [0.15, 0.2) is 17.0 Å². The van der Waals surface area contributed by atoms with Gasteiger partial charge in [-0.25, -0.2) is 4.98 Å². The molecular weight excluding hydrogens is 164 g/mol. The van der Waals surface area contributed by atoms with E-state index < -0.39 is 0 Å². The SMILES string of the molecule is CCC(CC)CNCc1cnco1. The molecule has 1 heterocycles. The third-order valence-electron chi connectivity index (χ3n) is 2.37. The molecular formula is C10H18N2O. The Kier molecular flexibility index (Phi) is 4.54. The van der Waals surface area contributed by atoms with Crippen molar-refractivity contribution in [1.29, 1.82) is 0 Å². The van der Waals surface area contributed by atoms with Crippen molar-refractivity contribution in [2.24, 2.45) is 5.92 Å². The van der Waals surface area contributed by atoms with E-state index in [-0.39, 0.29) is 0 Å². The number of oxazole rings is 1. The minimum Gasteiger partial charge on any atom is -0.447 e. The minimum atomic E-state index is 0.780. The highest BCUT2D eigenvalue weighted by Gasteiger charge is 2.02. The molecule has 0 aliphatic heterocycles. The summed E-state index contributed by atoms with van der Waals surface area (Å²) in [5, 5.41) is 3.36. The van der Waals surface area contributed by atoms with Crippen molar-refractivity contribution in [2.45, 2.75) is 33.2 Å². The number of rotatable bonds is 6. The zero-order valence-corrected chi connectivity index (χ0v) is 8.42. The Bertz CT molecular complexity index is 205. The molecule has 1 N–H and O–H groups in total. The molecule has 0 saturated heterocycles. The van der Waals surface area contributed by atoms with Crippen LogP contribution < -0.4 is 5.32 Å². The zero-order chi connectivity index (χ0) is 9.52. The third-order valence-corrected chi connectivity index (χ3v) is 2.37. The van der Waals surface area contributed by atoms with Crippen LogP contribution in [0.2, 0.25) is 0 Å². The highest BCUT2D eigenvalue weighted by atomic mass is 16.3. The third kappa shape index (κ3) is 3.59. The standard InChI is InChI=1S/C10H18N2O/c1-3-9(4-2)5-11-6-10-7-12-8-13-10/h7-9,11H,3-6H2,1-2H3. The Morgan fingerprint density at radius 1 is 1.46 bits per heavy atom. The molecule has 0 aromatic carbocycles. The van der Waals surface area contributed by atoms with Gasteiger partial charge in [-0.3, -0.25) is 0 Å². The molecule has 0 bridgehead atoms. The van der Waals surface area contributed by atoms with E-state index in [4.69, 9.17) is 4.42 Å². The second-order valence-corrected chi connectivity index (χ2v) is 3.28. The van der Waals surface area contributed by atoms with E-state index in [0.29, 0.717) is 0 Å². The van der Waals surface area contributed by atoms with E-state index in [1.807, 2.05) is 0 Å². The lowest BCUT2D eigenvalue weighted by Gasteiger charge is -2.11. The second kappa shape index (κ2) is 5.75. The molecule has 0 aliphatic rings. The lowest BCUT2D eigenvalue weighted by Crippen LogP contribution is -2.21. The van der Waals surface area contributed by atoms with Gasteiger partial charge in [-0.05, 0) is 12.5 Å². The molecule has 3 nitrogen and oxygen atoms in total. The average molecular weight is 182 g/mol. The fourth-order valence-electron chi connectivity index (χ4n) is 1.31. The molecule has 0 radical (unpaired) electrons. The van der Waals surface area contributed by atoms with Crippen LogP contribution in [-0.2, 0) is 6.54 Å². The van der Waals surface area contributed by atoms with Gasteiger partial charge in [0.2, 0.25) is 0 Å². The Hall–Kier alpha value is -0.830. The summed E-state index contributed by atoms with van der Waals surface area (Å²) in [4.78, 5) is 3.85. The van der Waals surface area contributed by atoms with Gasteiger partial charge in [0, 0.05) is 0 Å². The fraction of sp³-hybridized carbons (Fsp3) is 0.700. The Morgan fingerprint density at radius 2 is 2.23 bits per heavy atom. The highest BCUT2D eigenvalue weighted by Crippen LogP contribution is 2.05. The molecule has 0 spiro atoms. The minimum absolute atomic E-state index is 0.780. The van der Waals surface area contributed by atoms with Crippen molar-refractivity contribution in [3.63, 3.8) is 0 Å². The number of hydrogen-bond donors (Lipinski definition) is 1. The molecule has 1 rings (SSSR count). The second-order valence-electron chi connectivity index (χ2n) is 3.28. The van der Waals surface area contributed by atoms with Crippen molar-refractivity contribution in [2.75, 3.05) is 6.54 Å².